The first-order valence-electron chi connectivity index (χ1n) is 11.8. The molecule has 1 fully saturated rings. The zero-order chi connectivity index (χ0) is 24.4. The van der Waals surface area contributed by atoms with Crippen molar-refractivity contribution >= 4 is 23.2 Å². The van der Waals surface area contributed by atoms with E-state index in [9.17, 15) is 14.0 Å². The van der Waals surface area contributed by atoms with Crippen molar-refractivity contribution in [1.29, 1.82) is 0 Å². The average Bonchev–Trinajstić information content (AvgIpc) is 3.37. The van der Waals surface area contributed by atoms with Crippen LogP contribution in [-0.4, -0.2) is 72.9 Å². The number of rotatable bonds is 5. The number of benzene rings is 2. The van der Waals surface area contributed by atoms with E-state index in [2.05, 4.69) is 16.3 Å². The van der Waals surface area contributed by atoms with Crippen LogP contribution in [0.2, 0.25) is 0 Å². The highest BCUT2D eigenvalue weighted by Gasteiger charge is 2.33. The van der Waals surface area contributed by atoms with E-state index in [1.165, 1.54) is 10.9 Å². The molecule has 1 saturated heterocycles. The maximum Gasteiger partial charge on any atom is 0.257 e. The van der Waals surface area contributed by atoms with Gasteiger partial charge >= 0.3 is 0 Å². The van der Waals surface area contributed by atoms with E-state index in [-0.39, 0.29) is 30.2 Å². The molecule has 35 heavy (non-hydrogen) atoms. The third kappa shape index (κ3) is 4.81. The van der Waals surface area contributed by atoms with Crippen LogP contribution in [0.25, 0.3) is 0 Å². The number of hydrogen-bond donors (Lipinski definition) is 0. The summed E-state index contributed by atoms with van der Waals surface area (Å²) in [5, 5.41) is 2.07. The van der Waals surface area contributed by atoms with Crippen LogP contribution >= 0.6 is 11.3 Å². The molecule has 0 saturated carbocycles. The van der Waals surface area contributed by atoms with Crippen molar-refractivity contribution in [3.05, 3.63) is 87.4 Å². The van der Waals surface area contributed by atoms with Crippen LogP contribution < -0.4 is 4.74 Å². The third-order valence-electron chi connectivity index (χ3n) is 6.83. The van der Waals surface area contributed by atoms with E-state index in [1.54, 1.807) is 47.6 Å². The SMILES string of the molecule is COc1ccccc1C(=O)N1CCN(C(=O)CN2CCc3sccc3C2c2cccc(F)c2)CC1. The highest BCUT2D eigenvalue weighted by atomic mass is 32.1. The number of hydrogen-bond acceptors (Lipinski definition) is 5. The molecule has 1 atom stereocenters. The first kappa shape index (κ1) is 23.5. The molecule has 3 heterocycles. The summed E-state index contributed by atoms with van der Waals surface area (Å²) in [4.78, 5) is 33.3. The third-order valence-corrected chi connectivity index (χ3v) is 7.82. The first-order chi connectivity index (χ1) is 17.0. The summed E-state index contributed by atoms with van der Waals surface area (Å²) in [6.45, 7) is 2.93. The van der Waals surface area contributed by atoms with Gasteiger partial charge in [-0.05, 0) is 53.3 Å². The van der Waals surface area contributed by atoms with Gasteiger partial charge in [0.1, 0.15) is 11.6 Å². The van der Waals surface area contributed by atoms with Crippen LogP contribution in [0.15, 0.2) is 60.0 Å². The van der Waals surface area contributed by atoms with E-state index < -0.39 is 0 Å². The van der Waals surface area contributed by atoms with Crippen molar-refractivity contribution in [2.75, 3.05) is 46.4 Å². The minimum atomic E-state index is -0.271. The molecule has 2 aliphatic rings. The van der Waals surface area contributed by atoms with Crippen molar-refractivity contribution < 1.29 is 18.7 Å². The first-order valence-corrected chi connectivity index (χ1v) is 12.7. The van der Waals surface area contributed by atoms with Gasteiger partial charge in [-0.3, -0.25) is 14.5 Å². The average molecular weight is 494 g/mol. The Morgan fingerprint density at radius 1 is 1.00 bits per heavy atom. The Labute approximate surface area is 208 Å². The van der Waals surface area contributed by atoms with Gasteiger partial charge in [-0.25, -0.2) is 4.39 Å². The quantitative estimate of drug-likeness (QED) is 0.542. The fourth-order valence-electron chi connectivity index (χ4n) is 5.03. The molecule has 1 unspecified atom stereocenters. The Kier molecular flexibility index (Phi) is 6.83. The molecule has 0 N–H and O–H groups in total. The lowest BCUT2D eigenvalue weighted by molar-refractivity contribution is -0.134. The van der Waals surface area contributed by atoms with Crippen molar-refractivity contribution in [2.45, 2.75) is 12.5 Å². The van der Waals surface area contributed by atoms with Crippen LogP contribution in [0.1, 0.15) is 32.4 Å². The number of carbonyl (C=O) groups is 2. The largest absolute Gasteiger partial charge is 0.496 e. The normalized spacial score (nSPS) is 18.3. The number of carbonyl (C=O) groups excluding carboxylic acids is 2. The maximum absolute atomic E-state index is 14.0. The van der Waals surface area contributed by atoms with E-state index in [0.717, 1.165) is 24.1 Å². The highest BCUT2D eigenvalue weighted by molar-refractivity contribution is 7.10. The number of para-hydroxylation sites is 1. The number of ether oxygens (including phenoxy) is 1. The Balaban J connectivity index is 1.26. The van der Waals surface area contributed by atoms with E-state index in [1.807, 2.05) is 23.1 Å². The van der Waals surface area contributed by atoms with Gasteiger partial charge in [-0.2, -0.15) is 0 Å². The molecular formula is C27H28FN3O3S. The fourth-order valence-corrected chi connectivity index (χ4v) is 5.93. The molecule has 0 aliphatic carbocycles. The Hall–Kier alpha value is -3.23. The zero-order valence-corrected chi connectivity index (χ0v) is 20.5. The van der Waals surface area contributed by atoms with Crippen molar-refractivity contribution in [3.8, 4) is 5.75 Å². The van der Waals surface area contributed by atoms with E-state index in [4.69, 9.17) is 4.74 Å². The molecular weight excluding hydrogens is 465 g/mol. The fraction of sp³-hybridized carbons (Fsp3) is 0.333. The van der Waals surface area contributed by atoms with Gasteiger partial charge in [0.05, 0.1) is 25.3 Å². The van der Waals surface area contributed by atoms with Gasteiger partial charge in [0.25, 0.3) is 5.91 Å². The summed E-state index contributed by atoms with van der Waals surface area (Å²) in [5.74, 6) is 0.237. The molecule has 8 heteroatoms. The summed E-state index contributed by atoms with van der Waals surface area (Å²) in [6, 6.07) is 15.8. The second-order valence-corrected chi connectivity index (χ2v) is 9.85. The minimum Gasteiger partial charge on any atom is -0.496 e. The van der Waals surface area contributed by atoms with Gasteiger partial charge in [-0.1, -0.05) is 24.3 Å². The van der Waals surface area contributed by atoms with Gasteiger partial charge in [-0.15, -0.1) is 11.3 Å². The molecule has 0 bridgehead atoms. The summed E-state index contributed by atoms with van der Waals surface area (Å²) in [7, 11) is 1.56. The predicted molar refractivity (Wildman–Crippen MR) is 133 cm³/mol. The Morgan fingerprint density at radius 2 is 1.77 bits per heavy atom. The predicted octanol–water partition coefficient (Wildman–Crippen LogP) is 3.83. The molecule has 182 valence electrons. The smallest absolute Gasteiger partial charge is 0.257 e. The standard InChI is InChI=1S/C27H28FN3O3S/c1-34-23-8-3-2-7-21(23)27(33)30-14-12-29(13-15-30)25(32)18-31-11-9-24-22(10-16-35-24)26(31)19-5-4-6-20(28)17-19/h2-8,10,16-17,26H,9,11-15,18H2,1H3. The summed E-state index contributed by atoms with van der Waals surface area (Å²) in [5.41, 5.74) is 2.56. The molecule has 2 aromatic carbocycles. The number of piperazine rings is 1. The molecule has 0 radical (unpaired) electrons. The number of fused-ring (bicyclic) bond motifs is 1. The van der Waals surface area contributed by atoms with Crippen LogP contribution in [0.5, 0.6) is 5.75 Å². The zero-order valence-electron chi connectivity index (χ0n) is 19.7. The van der Waals surface area contributed by atoms with Crippen LogP contribution in [0.3, 0.4) is 0 Å². The van der Waals surface area contributed by atoms with Gasteiger partial charge < -0.3 is 14.5 Å². The summed E-state index contributed by atoms with van der Waals surface area (Å²) in [6.07, 6.45) is 0.882. The number of halogens is 1. The lowest BCUT2D eigenvalue weighted by atomic mass is 9.93. The molecule has 1 aromatic heterocycles. The lowest BCUT2D eigenvalue weighted by Gasteiger charge is -2.39. The molecule has 6 nitrogen and oxygen atoms in total. The Morgan fingerprint density at radius 3 is 2.54 bits per heavy atom. The lowest BCUT2D eigenvalue weighted by Crippen LogP contribution is -2.53. The van der Waals surface area contributed by atoms with E-state index >= 15 is 0 Å². The Bertz CT molecular complexity index is 1220. The van der Waals surface area contributed by atoms with Crippen molar-refractivity contribution in [3.63, 3.8) is 0 Å². The number of methoxy groups -OCH3 is 1. The molecule has 2 aliphatic heterocycles. The van der Waals surface area contributed by atoms with Gasteiger partial charge in [0.15, 0.2) is 0 Å². The molecule has 2 amide bonds. The maximum atomic E-state index is 14.0. The van der Waals surface area contributed by atoms with Crippen LogP contribution in [-0.2, 0) is 11.2 Å². The van der Waals surface area contributed by atoms with Gasteiger partial charge in [0, 0.05) is 37.6 Å². The summed E-state index contributed by atoms with van der Waals surface area (Å²) >= 11 is 1.72. The molecule has 3 aromatic rings. The van der Waals surface area contributed by atoms with E-state index in [0.29, 0.717) is 37.5 Å². The molecule has 5 rings (SSSR count). The number of thiophene rings is 1. The topological polar surface area (TPSA) is 53.1 Å². The second-order valence-electron chi connectivity index (χ2n) is 8.85. The monoisotopic (exact) mass is 493 g/mol. The van der Waals surface area contributed by atoms with Crippen LogP contribution in [0, 0.1) is 5.82 Å². The van der Waals surface area contributed by atoms with Crippen molar-refractivity contribution in [2.24, 2.45) is 0 Å². The summed E-state index contributed by atoms with van der Waals surface area (Å²) < 4.78 is 19.4. The van der Waals surface area contributed by atoms with Gasteiger partial charge in [0.2, 0.25) is 5.91 Å². The number of nitrogens with zero attached hydrogens (tertiary/aromatic N) is 3. The number of amides is 2. The van der Waals surface area contributed by atoms with Crippen molar-refractivity contribution in [1.82, 2.24) is 14.7 Å². The van der Waals surface area contributed by atoms with Crippen LogP contribution in [0.4, 0.5) is 4.39 Å². The molecule has 0 spiro atoms. The second kappa shape index (κ2) is 10.2. The minimum absolute atomic E-state index is 0.0365. The highest BCUT2D eigenvalue weighted by Crippen LogP contribution is 2.37.